The van der Waals surface area contributed by atoms with Gasteiger partial charge in [-0.05, 0) is 47.7 Å². The van der Waals surface area contributed by atoms with Crippen molar-refractivity contribution in [1.29, 1.82) is 5.26 Å². The Balaban J connectivity index is 1.72. The number of carbonyl (C=O) groups excluding carboxylic acids is 1. The summed E-state index contributed by atoms with van der Waals surface area (Å²) in [6.45, 7) is 3.25. The molecule has 1 aliphatic carbocycles. The van der Waals surface area contributed by atoms with Gasteiger partial charge in [-0.2, -0.15) is 18.4 Å². The average Bonchev–Trinajstić information content (AvgIpc) is 3.27. The Hall–Kier alpha value is -3.05. The van der Waals surface area contributed by atoms with Gasteiger partial charge in [0.25, 0.3) is 0 Å². The van der Waals surface area contributed by atoms with E-state index >= 15 is 0 Å². The third kappa shape index (κ3) is 5.22. The van der Waals surface area contributed by atoms with Crippen LogP contribution in [-0.4, -0.2) is 12.1 Å². The van der Waals surface area contributed by atoms with E-state index in [0.717, 1.165) is 6.08 Å². The van der Waals surface area contributed by atoms with Crippen molar-refractivity contribution < 1.29 is 31.8 Å². The van der Waals surface area contributed by atoms with Crippen LogP contribution in [-0.2, 0) is 9.53 Å². The van der Waals surface area contributed by atoms with Crippen LogP contribution in [0.3, 0.4) is 0 Å². The van der Waals surface area contributed by atoms with Crippen LogP contribution in [0.1, 0.15) is 25.5 Å². The minimum Gasteiger partial charge on any atom is -0.457 e. The number of carbonyl (C=O) groups is 1. The SMILES string of the molecule is CC1(C)[C@H](C(=O)O[C@H](C#N)c2cccc(Oc3ccc(F)cc3)c2)[C@@H]1/C=C(\Cl)C(F)(F)F. The maximum absolute atomic E-state index is 13.0. The molecular formula is C23H18ClF4NO3. The van der Waals surface area contributed by atoms with E-state index in [1.807, 2.05) is 6.07 Å². The van der Waals surface area contributed by atoms with Crippen LogP contribution in [0.4, 0.5) is 17.6 Å². The van der Waals surface area contributed by atoms with Gasteiger partial charge in [0.15, 0.2) is 0 Å². The molecule has 0 N–H and O–H groups in total. The van der Waals surface area contributed by atoms with E-state index in [0.29, 0.717) is 17.1 Å². The second kappa shape index (κ2) is 8.83. The molecule has 0 spiro atoms. The summed E-state index contributed by atoms with van der Waals surface area (Å²) in [4.78, 5) is 12.6. The molecule has 32 heavy (non-hydrogen) atoms. The first-order valence-corrected chi connectivity index (χ1v) is 9.89. The Morgan fingerprint density at radius 1 is 1.19 bits per heavy atom. The maximum atomic E-state index is 13.0. The van der Waals surface area contributed by atoms with Gasteiger partial charge in [-0.3, -0.25) is 4.79 Å². The summed E-state index contributed by atoms with van der Waals surface area (Å²) in [5.41, 5.74) is -0.477. The fraction of sp³-hybridized carbons (Fsp3) is 0.304. The molecule has 0 aromatic heterocycles. The fourth-order valence-corrected chi connectivity index (χ4v) is 3.57. The average molecular weight is 468 g/mol. The Morgan fingerprint density at radius 3 is 2.44 bits per heavy atom. The number of alkyl halides is 3. The van der Waals surface area contributed by atoms with Crippen molar-refractivity contribution in [1.82, 2.24) is 0 Å². The highest BCUT2D eigenvalue weighted by Gasteiger charge is 2.62. The van der Waals surface area contributed by atoms with Crippen molar-refractivity contribution in [3.05, 3.63) is 71.0 Å². The van der Waals surface area contributed by atoms with E-state index in [-0.39, 0.29) is 0 Å². The second-order valence-corrected chi connectivity index (χ2v) is 8.32. The number of hydrogen-bond donors (Lipinski definition) is 0. The van der Waals surface area contributed by atoms with E-state index in [4.69, 9.17) is 21.1 Å². The quantitative estimate of drug-likeness (QED) is 0.351. The van der Waals surface area contributed by atoms with Gasteiger partial charge in [0.2, 0.25) is 6.10 Å². The number of esters is 1. The first-order chi connectivity index (χ1) is 14.9. The zero-order chi connectivity index (χ0) is 23.7. The third-order valence-corrected chi connectivity index (χ3v) is 5.66. The number of hydrogen-bond acceptors (Lipinski definition) is 4. The molecule has 1 saturated carbocycles. The van der Waals surface area contributed by atoms with Crippen molar-refractivity contribution in [2.45, 2.75) is 26.1 Å². The topological polar surface area (TPSA) is 59.3 Å². The summed E-state index contributed by atoms with van der Waals surface area (Å²) in [7, 11) is 0. The molecule has 0 radical (unpaired) electrons. The van der Waals surface area contributed by atoms with Gasteiger partial charge in [0.05, 0.1) is 5.92 Å². The van der Waals surface area contributed by atoms with Crippen molar-refractivity contribution in [3.63, 3.8) is 0 Å². The molecule has 9 heteroatoms. The summed E-state index contributed by atoms with van der Waals surface area (Å²) in [6, 6.07) is 13.4. The maximum Gasteiger partial charge on any atom is 0.426 e. The lowest BCUT2D eigenvalue weighted by molar-refractivity contribution is -0.149. The van der Waals surface area contributed by atoms with Crippen molar-refractivity contribution in [2.24, 2.45) is 17.3 Å². The molecule has 0 aliphatic heterocycles. The molecule has 3 atom stereocenters. The van der Waals surface area contributed by atoms with Crippen molar-refractivity contribution >= 4 is 17.6 Å². The molecule has 0 saturated heterocycles. The molecule has 0 unspecified atom stereocenters. The van der Waals surface area contributed by atoms with Crippen LogP contribution in [0, 0.1) is 34.4 Å². The molecule has 168 valence electrons. The highest BCUT2D eigenvalue weighted by atomic mass is 35.5. The number of halogens is 5. The van der Waals surface area contributed by atoms with Gasteiger partial charge in [-0.25, -0.2) is 4.39 Å². The van der Waals surface area contributed by atoms with Crippen molar-refractivity contribution in [3.8, 4) is 17.6 Å². The van der Waals surface area contributed by atoms with Crippen LogP contribution >= 0.6 is 11.6 Å². The molecule has 0 heterocycles. The molecule has 3 rings (SSSR count). The standard InChI is InChI=1S/C23H18ClF4NO3/c1-22(2)17(11-19(24)23(26,27)28)20(22)21(30)32-18(12-29)13-4-3-5-16(10-13)31-15-8-6-14(25)7-9-15/h3-11,17-18,20H,1-2H3/b19-11-/t17-,18+,20-/m0/s1. The first-order valence-electron chi connectivity index (χ1n) is 9.51. The smallest absolute Gasteiger partial charge is 0.426 e. The van der Waals surface area contributed by atoms with Gasteiger partial charge in [-0.15, -0.1) is 0 Å². The first kappa shape index (κ1) is 23.6. The predicted molar refractivity (Wildman–Crippen MR) is 108 cm³/mol. The molecule has 4 nitrogen and oxygen atoms in total. The van der Waals surface area contributed by atoms with Gasteiger partial charge in [-0.1, -0.05) is 43.7 Å². The Morgan fingerprint density at radius 2 is 1.84 bits per heavy atom. The van der Waals surface area contributed by atoms with E-state index < -0.39 is 46.3 Å². The molecule has 1 fully saturated rings. The summed E-state index contributed by atoms with van der Waals surface area (Å²) in [6.07, 6.45) is -5.18. The zero-order valence-electron chi connectivity index (χ0n) is 17.0. The Labute approximate surface area is 187 Å². The lowest BCUT2D eigenvalue weighted by Gasteiger charge is -2.13. The van der Waals surface area contributed by atoms with Gasteiger partial charge in [0.1, 0.15) is 28.4 Å². The van der Waals surface area contributed by atoms with Crippen LogP contribution in [0.15, 0.2) is 59.6 Å². The van der Waals surface area contributed by atoms with Gasteiger partial charge < -0.3 is 9.47 Å². The third-order valence-electron chi connectivity index (χ3n) is 5.32. The van der Waals surface area contributed by atoms with Crippen LogP contribution in [0.25, 0.3) is 0 Å². The Bertz CT molecular complexity index is 1070. The van der Waals surface area contributed by atoms with E-state index in [2.05, 4.69) is 0 Å². The highest BCUT2D eigenvalue weighted by molar-refractivity contribution is 6.30. The zero-order valence-corrected chi connectivity index (χ0v) is 17.7. The van der Waals surface area contributed by atoms with E-state index in [9.17, 15) is 27.6 Å². The lowest BCUT2D eigenvalue weighted by atomic mass is 10.1. The second-order valence-electron chi connectivity index (χ2n) is 7.91. The Kier molecular flexibility index (Phi) is 6.51. The van der Waals surface area contributed by atoms with Crippen LogP contribution in [0.2, 0.25) is 0 Å². The monoisotopic (exact) mass is 467 g/mol. The van der Waals surface area contributed by atoms with E-state index in [1.165, 1.54) is 30.3 Å². The van der Waals surface area contributed by atoms with E-state index in [1.54, 1.807) is 32.0 Å². The number of rotatable bonds is 6. The number of nitrogens with zero attached hydrogens (tertiary/aromatic N) is 1. The predicted octanol–water partition coefficient (Wildman–Crippen LogP) is 6.68. The van der Waals surface area contributed by atoms with Gasteiger partial charge >= 0.3 is 12.1 Å². The summed E-state index contributed by atoms with van der Waals surface area (Å²) in [5.74, 6) is -2.15. The van der Waals surface area contributed by atoms with Crippen molar-refractivity contribution in [2.75, 3.05) is 0 Å². The molecule has 1 aliphatic rings. The van der Waals surface area contributed by atoms with Crippen LogP contribution < -0.4 is 4.74 Å². The number of benzene rings is 2. The number of ether oxygens (including phenoxy) is 2. The summed E-state index contributed by atoms with van der Waals surface area (Å²) in [5, 5.41) is 8.20. The fourth-order valence-electron chi connectivity index (χ4n) is 3.43. The summed E-state index contributed by atoms with van der Waals surface area (Å²) < 4.78 is 62.1. The minimum absolute atomic E-state index is 0.319. The molecule has 2 aromatic carbocycles. The van der Waals surface area contributed by atoms with Gasteiger partial charge in [0, 0.05) is 5.56 Å². The molecule has 0 bridgehead atoms. The molecule has 2 aromatic rings. The molecular weight excluding hydrogens is 450 g/mol. The normalized spacial score (nSPS) is 20.8. The highest BCUT2D eigenvalue weighted by Crippen LogP contribution is 2.60. The minimum atomic E-state index is -4.70. The number of nitriles is 1. The lowest BCUT2D eigenvalue weighted by Crippen LogP contribution is -2.14. The molecule has 0 amide bonds. The number of allylic oxidation sites excluding steroid dienone is 2. The largest absolute Gasteiger partial charge is 0.457 e. The summed E-state index contributed by atoms with van der Waals surface area (Å²) >= 11 is 5.31. The van der Waals surface area contributed by atoms with Crippen LogP contribution in [0.5, 0.6) is 11.5 Å².